The van der Waals surface area contributed by atoms with Gasteiger partial charge in [0.15, 0.2) is 0 Å². The van der Waals surface area contributed by atoms with Gasteiger partial charge in [0.2, 0.25) is 0 Å². The second-order valence-corrected chi connectivity index (χ2v) is 7.97. The molecule has 0 atom stereocenters. The molecule has 0 aliphatic heterocycles. The molecule has 1 heterocycles. The van der Waals surface area contributed by atoms with Gasteiger partial charge in [-0.05, 0) is 41.0 Å². The number of nitrogens with zero attached hydrogens (tertiary/aromatic N) is 1. The largest absolute Gasteiger partial charge is 0.495 e. The summed E-state index contributed by atoms with van der Waals surface area (Å²) in [5, 5.41) is 5.20. The SMILES string of the molecule is COC(=O)c1ccc(CNCc2cn(Cc3ccccc3)c3cc(Cl)c(OC)cc23)cc1. The van der Waals surface area contributed by atoms with Gasteiger partial charge in [-0.1, -0.05) is 54.1 Å². The number of benzene rings is 3. The van der Waals surface area contributed by atoms with Crippen LogP contribution in [0.1, 0.15) is 27.0 Å². The van der Waals surface area contributed by atoms with Crippen LogP contribution in [0.4, 0.5) is 0 Å². The quantitative estimate of drug-likeness (QED) is 0.365. The molecule has 4 aromatic rings. The standard InChI is InChI=1S/C26H25ClN2O3/c1-31-25-12-22-21(15-28-14-18-8-10-20(11-9-18)26(30)32-2)17-29(24(22)13-23(25)27)16-19-6-4-3-5-7-19/h3-13,17,28H,14-16H2,1-2H3. The van der Waals surface area contributed by atoms with Crippen LogP contribution in [0.25, 0.3) is 10.9 Å². The number of halogens is 1. The maximum atomic E-state index is 11.6. The first-order chi connectivity index (χ1) is 15.6. The molecule has 0 amide bonds. The van der Waals surface area contributed by atoms with Crippen molar-refractivity contribution >= 4 is 28.5 Å². The fourth-order valence-electron chi connectivity index (χ4n) is 3.79. The highest BCUT2D eigenvalue weighted by Crippen LogP contribution is 2.33. The Kier molecular flexibility index (Phi) is 6.78. The molecule has 0 saturated heterocycles. The normalized spacial score (nSPS) is 11.0. The summed E-state index contributed by atoms with van der Waals surface area (Å²) in [4.78, 5) is 11.6. The highest BCUT2D eigenvalue weighted by molar-refractivity contribution is 6.32. The van der Waals surface area contributed by atoms with Crippen LogP contribution in [0.3, 0.4) is 0 Å². The summed E-state index contributed by atoms with van der Waals surface area (Å²) in [6.45, 7) is 2.12. The lowest BCUT2D eigenvalue weighted by atomic mass is 10.1. The summed E-state index contributed by atoms with van der Waals surface area (Å²) >= 11 is 6.43. The summed E-state index contributed by atoms with van der Waals surface area (Å²) in [5.74, 6) is 0.333. The van der Waals surface area contributed by atoms with E-state index in [2.05, 4.69) is 28.2 Å². The van der Waals surface area contributed by atoms with Crippen LogP contribution in [0.15, 0.2) is 72.9 Å². The number of nitrogens with one attached hydrogen (secondary N) is 1. The van der Waals surface area contributed by atoms with Gasteiger partial charge in [-0.2, -0.15) is 0 Å². The Morgan fingerprint density at radius 1 is 0.969 bits per heavy atom. The summed E-state index contributed by atoms with van der Waals surface area (Å²) in [6.07, 6.45) is 2.17. The molecule has 3 aromatic carbocycles. The molecule has 164 valence electrons. The minimum absolute atomic E-state index is 0.330. The minimum atomic E-state index is -0.330. The van der Waals surface area contributed by atoms with Crippen LogP contribution in [-0.2, 0) is 24.4 Å². The molecule has 0 fully saturated rings. The van der Waals surface area contributed by atoms with Gasteiger partial charge in [-0.25, -0.2) is 4.79 Å². The molecule has 0 saturated carbocycles. The van der Waals surface area contributed by atoms with E-state index in [4.69, 9.17) is 21.1 Å². The molecular weight excluding hydrogens is 424 g/mol. The molecule has 0 radical (unpaired) electrons. The van der Waals surface area contributed by atoms with Gasteiger partial charge in [-0.3, -0.25) is 0 Å². The molecule has 6 heteroatoms. The van der Waals surface area contributed by atoms with Crippen molar-refractivity contribution in [1.29, 1.82) is 0 Å². The van der Waals surface area contributed by atoms with Crippen LogP contribution in [-0.4, -0.2) is 24.8 Å². The fourth-order valence-corrected chi connectivity index (χ4v) is 4.03. The van der Waals surface area contributed by atoms with E-state index in [1.807, 2.05) is 42.5 Å². The average Bonchev–Trinajstić information content (AvgIpc) is 3.15. The van der Waals surface area contributed by atoms with E-state index in [0.717, 1.165) is 28.6 Å². The highest BCUT2D eigenvalue weighted by Gasteiger charge is 2.13. The number of rotatable bonds is 8. The Labute approximate surface area is 192 Å². The molecule has 0 unspecified atom stereocenters. The van der Waals surface area contributed by atoms with Crippen molar-refractivity contribution in [3.05, 3.63) is 100 Å². The van der Waals surface area contributed by atoms with E-state index in [0.29, 0.717) is 29.4 Å². The molecule has 1 N–H and O–H groups in total. The predicted molar refractivity (Wildman–Crippen MR) is 127 cm³/mol. The predicted octanol–water partition coefficient (Wildman–Crippen LogP) is 5.43. The Morgan fingerprint density at radius 2 is 1.72 bits per heavy atom. The Balaban J connectivity index is 1.55. The van der Waals surface area contributed by atoms with Crippen molar-refractivity contribution in [3.8, 4) is 5.75 Å². The van der Waals surface area contributed by atoms with Gasteiger partial charge in [0.25, 0.3) is 0 Å². The zero-order valence-corrected chi connectivity index (χ0v) is 18.9. The second kappa shape index (κ2) is 9.90. The lowest BCUT2D eigenvalue weighted by molar-refractivity contribution is 0.0600. The summed E-state index contributed by atoms with van der Waals surface area (Å²) in [5.41, 5.74) is 5.09. The molecule has 32 heavy (non-hydrogen) atoms. The number of hydrogen-bond acceptors (Lipinski definition) is 4. The monoisotopic (exact) mass is 448 g/mol. The molecule has 0 aliphatic carbocycles. The number of carbonyl (C=O) groups is 1. The van der Waals surface area contributed by atoms with Crippen LogP contribution in [0.2, 0.25) is 5.02 Å². The van der Waals surface area contributed by atoms with Gasteiger partial charge in [0.1, 0.15) is 5.75 Å². The molecule has 4 rings (SSSR count). The van der Waals surface area contributed by atoms with Crippen molar-refractivity contribution in [3.63, 3.8) is 0 Å². The maximum Gasteiger partial charge on any atom is 0.337 e. The zero-order chi connectivity index (χ0) is 22.5. The van der Waals surface area contributed by atoms with E-state index >= 15 is 0 Å². The van der Waals surface area contributed by atoms with Crippen LogP contribution >= 0.6 is 11.6 Å². The van der Waals surface area contributed by atoms with Crippen molar-refractivity contribution in [2.75, 3.05) is 14.2 Å². The first-order valence-electron chi connectivity index (χ1n) is 10.4. The number of hydrogen-bond donors (Lipinski definition) is 1. The summed E-state index contributed by atoms with van der Waals surface area (Å²) in [7, 11) is 3.01. The first kappa shape index (κ1) is 21.9. The molecule has 0 spiro atoms. The molecule has 0 aliphatic rings. The van der Waals surface area contributed by atoms with Crippen LogP contribution in [0, 0.1) is 0 Å². The molecule has 5 nitrogen and oxygen atoms in total. The van der Waals surface area contributed by atoms with Crippen molar-refractivity contribution in [2.24, 2.45) is 0 Å². The summed E-state index contributed by atoms with van der Waals surface area (Å²) < 4.78 is 12.4. The van der Waals surface area contributed by atoms with E-state index in [1.165, 1.54) is 12.7 Å². The van der Waals surface area contributed by atoms with E-state index in [1.54, 1.807) is 19.2 Å². The maximum absolute atomic E-state index is 11.6. The van der Waals surface area contributed by atoms with E-state index in [-0.39, 0.29) is 5.97 Å². The van der Waals surface area contributed by atoms with Gasteiger partial charge < -0.3 is 19.4 Å². The van der Waals surface area contributed by atoms with Crippen molar-refractivity contribution in [1.82, 2.24) is 9.88 Å². The van der Waals surface area contributed by atoms with Crippen LogP contribution in [0.5, 0.6) is 5.75 Å². The Bertz CT molecular complexity index is 1220. The number of aromatic nitrogens is 1. The van der Waals surface area contributed by atoms with Crippen molar-refractivity contribution < 1.29 is 14.3 Å². The van der Waals surface area contributed by atoms with Gasteiger partial charge in [0, 0.05) is 31.2 Å². The molecular formula is C26H25ClN2O3. The molecule has 0 bridgehead atoms. The van der Waals surface area contributed by atoms with Crippen LogP contribution < -0.4 is 10.1 Å². The second-order valence-electron chi connectivity index (χ2n) is 7.56. The fraction of sp³-hybridized carbons (Fsp3) is 0.192. The number of ether oxygens (including phenoxy) is 2. The number of carbonyl (C=O) groups excluding carboxylic acids is 1. The zero-order valence-electron chi connectivity index (χ0n) is 18.1. The average molecular weight is 449 g/mol. The molecule has 1 aromatic heterocycles. The summed E-state index contributed by atoms with van der Waals surface area (Å²) in [6, 6.07) is 21.7. The van der Waals surface area contributed by atoms with Gasteiger partial charge >= 0.3 is 5.97 Å². The third-order valence-corrected chi connectivity index (χ3v) is 5.75. The highest BCUT2D eigenvalue weighted by atomic mass is 35.5. The number of esters is 1. The van der Waals surface area contributed by atoms with E-state index in [9.17, 15) is 4.79 Å². The van der Waals surface area contributed by atoms with Gasteiger partial charge in [0.05, 0.1) is 30.3 Å². The van der Waals surface area contributed by atoms with Crippen molar-refractivity contribution in [2.45, 2.75) is 19.6 Å². The van der Waals surface area contributed by atoms with E-state index < -0.39 is 0 Å². The lowest BCUT2D eigenvalue weighted by Gasteiger charge is -2.08. The third-order valence-electron chi connectivity index (χ3n) is 5.45. The topological polar surface area (TPSA) is 52.5 Å². The lowest BCUT2D eigenvalue weighted by Crippen LogP contribution is -2.12. The minimum Gasteiger partial charge on any atom is -0.495 e. The third kappa shape index (κ3) is 4.79. The first-order valence-corrected chi connectivity index (χ1v) is 10.7. The smallest absolute Gasteiger partial charge is 0.337 e. The van der Waals surface area contributed by atoms with Gasteiger partial charge in [-0.15, -0.1) is 0 Å². The Morgan fingerprint density at radius 3 is 2.41 bits per heavy atom. The number of methoxy groups -OCH3 is 2. The number of fused-ring (bicyclic) bond motifs is 1. The Hall–Kier alpha value is -3.28.